The largest absolute Gasteiger partial charge is 0.465 e. The molecule has 0 spiro atoms. The average Bonchev–Trinajstić information content (AvgIpc) is 2.19. The molecule has 0 saturated carbocycles. The van der Waals surface area contributed by atoms with Crippen LogP contribution in [-0.2, 0) is 4.74 Å². The lowest BCUT2D eigenvalue weighted by atomic mass is 9.91. The molecule has 0 amide bonds. The molecule has 6 heteroatoms. The third-order valence-electron chi connectivity index (χ3n) is 2.13. The molecule has 0 radical (unpaired) electrons. The molecule has 1 aromatic carbocycles. The van der Waals surface area contributed by atoms with Gasteiger partial charge in [-0.05, 0) is 6.92 Å². The number of hydrogen-bond acceptors (Lipinski definition) is 4. The zero-order chi connectivity index (χ0) is 11.6. The maximum atomic E-state index is 11.3. The monoisotopic (exact) mass is 207 g/mol. The lowest BCUT2D eigenvalue weighted by Crippen LogP contribution is -2.13. The van der Waals surface area contributed by atoms with Gasteiger partial charge in [0.25, 0.3) is 5.69 Å². The highest BCUT2D eigenvalue weighted by molar-refractivity contribution is 6.33. The van der Waals surface area contributed by atoms with Crippen LogP contribution < -0.4 is 5.46 Å². The topological polar surface area (TPSA) is 69.4 Å². The Bertz CT molecular complexity index is 430. The van der Waals surface area contributed by atoms with Crippen molar-refractivity contribution >= 4 is 25.0 Å². The van der Waals surface area contributed by atoms with Crippen LogP contribution in [0.2, 0.25) is 0 Å². The van der Waals surface area contributed by atoms with E-state index in [0.717, 1.165) is 0 Å². The smallest absolute Gasteiger partial charge is 0.338 e. The molecule has 0 atom stereocenters. The van der Waals surface area contributed by atoms with E-state index in [1.54, 1.807) is 13.9 Å². The van der Waals surface area contributed by atoms with Gasteiger partial charge in [0.15, 0.2) is 0 Å². The van der Waals surface area contributed by atoms with E-state index in [-0.39, 0.29) is 11.3 Å². The van der Waals surface area contributed by atoms with Crippen molar-refractivity contribution in [1.82, 2.24) is 0 Å². The second-order valence-corrected chi connectivity index (χ2v) is 3.21. The first-order valence-electron chi connectivity index (χ1n) is 4.31. The van der Waals surface area contributed by atoms with Crippen molar-refractivity contribution in [2.24, 2.45) is 0 Å². The van der Waals surface area contributed by atoms with E-state index < -0.39 is 10.9 Å². The second kappa shape index (κ2) is 4.12. The molecule has 15 heavy (non-hydrogen) atoms. The number of nitrogens with zero attached hydrogens (tertiary/aromatic N) is 1. The van der Waals surface area contributed by atoms with E-state index in [4.69, 9.17) is 0 Å². The summed E-state index contributed by atoms with van der Waals surface area (Å²) in [6, 6.07) is 3.01. The highest BCUT2D eigenvalue weighted by Gasteiger charge is 2.19. The van der Waals surface area contributed by atoms with Gasteiger partial charge >= 0.3 is 5.97 Å². The minimum Gasteiger partial charge on any atom is -0.465 e. The molecule has 1 aromatic rings. The summed E-state index contributed by atoms with van der Waals surface area (Å²) in [5, 5.41) is 10.7. The third-order valence-corrected chi connectivity index (χ3v) is 2.13. The first-order valence-corrected chi connectivity index (χ1v) is 4.31. The van der Waals surface area contributed by atoms with Crippen molar-refractivity contribution < 1.29 is 14.5 Å². The summed E-state index contributed by atoms with van der Waals surface area (Å²) in [6.45, 7) is 1.53. The van der Waals surface area contributed by atoms with Crippen LogP contribution in [0.1, 0.15) is 15.9 Å². The van der Waals surface area contributed by atoms with Gasteiger partial charge in [-0.15, -0.1) is 0 Å². The van der Waals surface area contributed by atoms with Crippen LogP contribution in [0.4, 0.5) is 5.69 Å². The van der Waals surface area contributed by atoms with E-state index in [1.165, 1.54) is 20.1 Å². The minimum atomic E-state index is -0.556. The summed E-state index contributed by atoms with van der Waals surface area (Å²) in [6.07, 6.45) is 0. The number of hydrogen-bond donors (Lipinski definition) is 0. The van der Waals surface area contributed by atoms with E-state index >= 15 is 0 Å². The summed E-state index contributed by atoms with van der Waals surface area (Å²) in [7, 11) is 2.94. The summed E-state index contributed by atoms with van der Waals surface area (Å²) >= 11 is 0. The molecule has 0 N–H and O–H groups in total. The molecule has 5 nitrogen and oxygen atoms in total. The SMILES string of the molecule is Bc1cc(C(=O)OC)c(C)c([N+](=O)[O-])c1. The molecule has 0 aliphatic carbocycles. The summed E-state index contributed by atoms with van der Waals surface area (Å²) in [5.41, 5.74) is 1.17. The highest BCUT2D eigenvalue weighted by Crippen LogP contribution is 2.20. The maximum absolute atomic E-state index is 11.3. The lowest BCUT2D eigenvalue weighted by Gasteiger charge is -2.05. The number of rotatable bonds is 2. The van der Waals surface area contributed by atoms with Gasteiger partial charge in [-0.3, -0.25) is 10.1 Å². The molecule has 0 fully saturated rings. The van der Waals surface area contributed by atoms with Gasteiger partial charge in [0.2, 0.25) is 0 Å². The predicted molar refractivity (Wildman–Crippen MR) is 57.4 cm³/mol. The molecular weight excluding hydrogens is 197 g/mol. The van der Waals surface area contributed by atoms with Crippen molar-refractivity contribution in [3.63, 3.8) is 0 Å². The van der Waals surface area contributed by atoms with Crippen molar-refractivity contribution in [2.45, 2.75) is 6.92 Å². The summed E-state index contributed by atoms with van der Waals surface area (Å²) < 4.78 is 4.55. The van der Waals surface area contributed by atoms with E-state index in [0.29, 0.717) is 11.0 Å². The van der Waals surface area contributed by atoms with Gasteiger partial charge in [0, 0.05) is 11.6 Å². The quantitative estimate of drug-likeness (QED) is 0.295. The number of carbonyl (C=O) groups excluding carboxylic acids is 1. The molecule has 78 valence electrons. The van der Waals surface area contributed by atoms with Gasteiger partial charge in [-0.25, -0.2) is 4.79 Å². The van der Waals surface area contributed by atoms with Crippen LogP contribution in [0, 0.1) is 17.0 Å². The fourth-order valence-corrected chi connectivity index (χ4v) is 1.35. The highest BCUT2D eigenvalue weighted by atomic mass is 16.6. The Morgan fingerprint density at radius 1 is 1.53 bits per heavy atom. The zero-order valence-electron chi connectivity index (χ0n) is 8.73. The minimum absolute atomic E-state index is 0.0598. The Morgan fingerprint density at radius 3 is 2.60 bits per heavy atom. The fourth-order valence-electron chi connectivity index (χ4n) is 1.35. The van der Waals surface area contributed by atoms with Gasteiger partial charge in [0.1, 0.15) is 7.85 Å². The number of methoxy groups -OCH3 is 1. The Labute approximate surface area is 87.6 Å². The number of esters is 1. The second-order valence-electron chi connectivity index (χ2n) is 3.21. The van der Waals surface area contributed by atoms with E-state index in [2.05, 4.69) is 4.74 Å². The Balaban J connectivity index is 3.41. The van der Waals surface area contributed by atoms with Gasteiger partial charge < -0.3 is 4.74 Å². The molecule has 0 saturated heterocycles. The van der Waals surface area contributed by atoms with Crippen LogP contribution in [0.5, 0.6) is 0 Å². The zero-order valence-corrected chi connectivity index (χ0v) is 8.73. The first kappa shape index (κ1) is 11.2. The average molecular weight is 207 g/mol. The molecule has 1 rings (SSSR count). The van der Waals surface area contributed by atoms with Crippen LogP contribution in [0.3, 0.4) is 0 Å². The van der Waals surface area contributed by atoms with Crippen LogP contribution in [0.25, 0.3) is 0 Å². The Kier molecular flexibility index (Phi) is 3.09. The van der Waals surface area contributed by atoms with Crippen molar-refractivity contribution in [1.29, 1.82) is 0 Å². The van der Waals surface area contributed by atoms with E-state index in [1.807, 2.05) is 0 Å². The van der Waals surface area contributed by atoms with Gasteiger partial charge in [-0.1, -0.05) is 11.5 Å². The number of ether oxygens (including phenoxy) is 1. The fraction of sp³-hybridized carbons (Fsp3) is 0.222. The maximum Gasteiger partial charge on any atom is 0.338 e. The van der Waals surface area contributed by atoms with Crippen LogP contribution in [-0.4, -0.2) is 25.8 Å². The number of carbonyl (C=O) groups is 1. The Hall–Kier alpha value is -1.85. The van der Waals surface area contributed by atoms with Crippen molar-refractivity contribution in [3.05, 3.63) is 33.4 Å². The number of benzene rings is 1. The molecule has 0 aliphatic rings. The van der Waals surface area contributed by atoms with Crippen molar-refractivity contribution in [3.8, 4) is 0 Å². The number of nitro benzene ring substituents is 1. The number of nitro groups is 1. The van der Waals surface area contributed by atoms with Gasteiger partial charge in [0.05, 0.1) is 17.6 Å². The molecule has 0 heterocycles. The van der Waals surface area contributed by atoms with E-state index in [9.17, 15) is 14.9 Å². The molecule has 0 aliphatic heterocycles. The van der Waals surface area contributed by atoms with Crippen LogP contribution >= 0.6 is 0 Å². The predicted octanol–water partition coefficient (Wildman–Crippen LogP) is -0.0518. The molecule has 0 bridgehead atoms. The third kappa shape index (κ3) is 2.15. The Morgan fingerprint density at radius 2 is 2.13 bits per heavy atom. The normalized spacial score (nSPS) is 9.73. The lowest BCUT2D eigenvalue weighted by molar-refractivity contribution is -0.385. The standard InChI is InChI=1S/C9H10BNO4/c1-5-7(9(12)15-2)3-6(10)4-8(5)11(13)14/h3-4H,10H2,1-2H3. The molecular formula is C9H10BNO4. The molecule has 0 aromatic heterocycles. The van der Waals surface area contributed by atoms with Crippen molar-refractivity contribution in [2.75, 3.05) is 7.11 Å². The molecule has 0 unspecified atom stereocenters. The van der Waals surface area contributed by atoms with Gasteiger partial charge in [-0.2, -0.15) is 0 Å². The summed E-state index contributed by atoms with van der Waals surface area (Å²) in [5.74, 6) is -0.556. The van der Waals surface area contributed by atoms with Crippen LogP contribution in [0.15, 0.2) is 12.1 Å². The summed E-state index contributed by atoms with van der Waals surface area (Å²) in [4.78, 5) is 21.5. The first-order chi connectivity index (χ1) is 6.97.